The zero-order valence-electron chi connectivity index (χ0n) is 20.8. The lowest BCUT2D eigenvalue weighted by molar-refractivity contribution is -0.136. The number of rotatable bonds is 2. The Balaban J connectivity index is 1.60. The van der Waals surface area contributed by atoms with Crippen molar-refractivity contribution in [3.05, 3.63) is 48.3 Å². The molecule has 0 bridgehead atoms. The van der Waals surface area contributed by atoms with Gasteiger partial charge in [-0.1, -0.05) is 6.58 Å². The van der Waals surface area contributed by atoms with Crippen LogP contribution < -0.4 is 20.4 Å². The number of carbonyl (C=O) groups excluding carboxylic acids is 2. The summed E-state index contributed by atoms with van der Waals surface area (Å²) in [4.78, 5) is 38.3. The van der Waals surface area contributed by atoms with Gasteiger partial charge in [0, 0.05) is 43.3 Å². The van der Waals surface area contributed by atoms with Crippen LogP contribution in [0, 0.1) is 11.2 Å². The molecule has 3 saturated heterocycles. The van der Waals surface area contributed by atoms with Gasteiger partial charge in [-0.2, -0.15) is 0 Å². The highest BCUT2D eigenvalue weighted by Gasteiger charge is 2.60. The normalized spacial score (nSPS) is 29.5. The zero-order valence-corrected chi connectivity index (χ0v) is 20.8. The number of halogens is 1. The summed E-state index contributed by atoms with van der Waals surface area (Å²) in [6, 6.07) is 0.719. The van der Waals surface area contributed by atoms with Gasteiger partial charge >= 0.3 is 6.03 Å². The quantitative estimate of drug-likeness (QED) is 0.634. The van der Waals surface area contributed by atoms with E-state index in [0.29, 0.717) is 61.0 Å². The SMILES string of the molecule is C=C1NC(=O)NC(=O)C12Cc1cc(-c3cnccn3)c(N3CCOCC3)c(F)c1N1C[C@H](C)O[C@H](C)[C@H]12. The van der Waals surface area contributed by atoms with Crippen LogP contribution in [0.1, 0.15) is 19.4 Å². The molecule has 10 nitrogen and oxygen atoms in total. The highest BCUT2D eigenvalue weighted by molar-refractivity contribution is 6.04. The molecule has 11 heteroatoms. The van der Waals surface area contributed by atoms with Crippen molar-refractivity contribution in [3.63, 3.8) is 0 Å². The Labute approximate surface area is 213 Å². The van der Waals surface area contributed by atoms with Crippen LogP contribution >= 0.6 is 0 Å². The number of morpholine rings is 2. The molecule has 1 aromatic heterocycles. The first kappa shape index (κ1) is 23.8. The number of hydrogen-bond donors (Lipinski definition) is 2. The van der Waals surface area contributed by atoms with Crippen molar-refractivity contribution in [3.8, 4) is 11.3 Å². The molecule has 1 spiro atoms. The summed E-state index contributed by atoms with van der Waals surface area (Å²) in [5.41, 5.74) is 1.71. The third-order valence-corrected chi connectivity index (χ3v) is 7.84. The molecular weight excluding hydrogens is 479 g/mol. The number of benzene rings is 1. The number of urea groups is 1. The van der Waals surface area contributed by atoms with Crippen LogP contribution in [0.15, 0.2) is 36.9 Å². The molecule has 194 valence electrons. The van der Waals surface area contributed by atoms with Crippen molar-refractivity contribution in [1.29, 1.82) is 0 Å². The lowest BCUT2D eigenvalue weighted by Gasteiger charge is -2.57. The van der Waals surface area contributed by atoms with E-state index in [9.17, 15) is 9.59 Å². The number of ether oxygens (including phenoxy) is 2. The van der Waals surface area contributed by atoms with E-state index in [4.69, 9.17) is 9.47 Å². The fourth-order valence-corrected chi connectivity index (χ4v) is 6.42. The minimum atomic E-state index is -1.24. The Bertz CT molecular complexity index is 1260. The number of aromatic nitrogens is 2. The van der Waals surface area contributed by atoms with Crippen molar-refractivity contribution in [1.82, 2.24) is 20.6 Å². The summed E-state index contributed by atoms with van der Waals surface area (Å²) in [5, 5.41) is 5.12. The summed E-state index contributed by atoms with van der Waals surface area (Å²) in [7, 11) is 0. The van der Waals surface area contributed by atoms with Gasteiger partial charge in [-0.15, -0.1) is 0 Å². The highest BCUT2D eigenvalue weighted by atomic mass is 19.1. The van der Waals surface area contributed by atoms with Crippen LogP contribution in [0.4, 0.5) is 20.6 Å². The average Bonchev–Trinajstić information content (AvgIpc) is 2.87. The van der Waals surface area contributed by atoms with Crippen LogP contribution in [0.3, 0.4) is 0 Å². The topological polar surface area (TPSA) is 109 Å². The Morgan fingerprint density at radius 1 is 1.16 bits per heavy atom. The van der Waals surface area contributed by atoms with Gasteiger partial charge in [0.2, 0.25) is 5.91 Å². The number of fused-ring (bicyclic) bond motifs is 4. The molecule has 2 aromatic rings. The van der Waals surface area contributed by atoms with Crippen molar-refractivity contribution < 1.29 is 23.5 Å². The van der Waals surface area contributed by atoms with Gasteiger partial charge in [-0.3, -0.25) is 20.1 Å². The minimum absolute atomic E-state index is 0.143. The standard InChI is InChI=1S/C26H29FN6O4/c1-14-13-33-21-17(11-26(23(33)15(2)37-14)16(3)30-25(35)31-24(26)34)10-18(19-12-28-4-5-29-19)22(20(21)27)32-6-8-36-9-7-32/h4-5,10,12,14-15,23H,3,6-9,11,13H2,1-2H3,(H2,30,31,34,35)/t14-,15+,23-,26?/m0/s1. The molecule has 3 fully saturated rings. The van der Waals surface area contributed by atoms with Crippen LogP contribution in [-0.4, -0.2) is 73.0 Å². The fraction of sp³-hybridized carbons (Fsp3) is 0.462. The number of nitrogens with zero attached hydrogens (tertiary/aromatic N) is 4. The number of imide groups is 1. The van der Waals surface area contributed by atoms with Gasteiger partial charge in [-0.25, -0.2) is 9.18 Å². The summed E-state index contributed by atoms with van der Waals surface area (Å²) in [5.74, 6) is -0.835. The molecule has 4 atom stereocenters. The maximum absolute atomic E-state index is 16.9. The van der Waals surface area contributed by atoms with Gasteiger partial charge in [0.15, 0.2) is 5.82 Å². The van der Waals surface area contributed by atoms with Gasteiger partial charge < -0.3 is 24.6 Å². The van der Waals surface area contributed by atoms with E-state index in [2.05, 4.69) is 27.2 Å². The molecule has 0 radical (unpaired) electrons. The maximum Gasteiger partial charge on any atom is 0.325 e. The molecule has 4 aliphatic heterocycles. The van der Waals surface area contributed by atoms with Crippen molar-refractivity contribution in [2.24, 2.45) is 5.41 Å². The molecule has 0 aliphatic carbocycles. The van der Waals surface area contributed by atoms with Crippen molar-refractivity contribution in [2.75, 3.05) is 42.6 Å². The first-order valence-corrected chi connectivity index (χ1v) is 12.5. The van der Waals surface area contributed by atoms with Crippen LogP contribution in [0.25, 0.3) is 11.3 Å². The molecular formula is C26H29FN6O4. The molecule has 5 heterocycles. The summed E-state index contributed by atoms with van der Waals surface area (Å²) >= 11 is 0. The monoisotopic (exact) mass is 508 g/mol. The van der Waals surface area contributed by atoms with E-state index in [0.717, 1.165) is 0 Å². The van der Waals surface area contributed by atoms with E-state index in [1.54, 1.807) is 18.6 Å². The third-order valence-electron chi connectivity index (χ3n) is 7.84. The Morgan fingerprint density at radius 2 is 1.95 bits per heavy atom. The largest absolute Gasteiger partial charge is 0.378 e. The smallest absolute Gasteiger partial charge is 0.325 e. The van der Waals surface area contributed by atoms with E-state index in [1.165, 1.54) is 0 Å². The van der Waals surface area contributed by atoms with E-state index < -0.39 is 29.5 Å². The molecule has 1 aromatic carbocycles. The molecule has 37 heavy (non-hydrogen) atoms. The summed E-state index contributed by atoms with van der Waals surface area (Å²) in [6.07, 6.45) is 4.27. The Hall–Kier alpha value is -3.57. The van der Waals surface area contributed by atoms with Crippen molar-refractivity contribution >= 4 is 23.3 Å². The Kier molecular flexibility index (Phi) is 5.64. The summed E-state index contributed by atoms with van der Waals surface area (Å²) < 4.78 is 28.6. The molecule has 6 rings (SSSR count). The Morgan fingerprint density at radius 3 is 2.65 bits per heavy atom. The number of nitrogens with one attached hydrogen (secondary N) is 2. The molecule has 3 amide bonds. The van der Waals surface area contributed by atoms with E-state index >= 15 is 4.39 Å². The lowest BCUT2D eigenvalue weighted by atomic mass is 9.65. The highest BCUT2D eigenvalue weighted by Crippen LogP contribution is 2.52. The van der Waals surface area contributed by atoms with Gasteiger partial charge in [0.25, 0.3) is 0 Å². The zero-order chi connectivity index (χ0) is 25.9. The van der Waals surface area contributed by atoms with E-state index in [1.807, 2.05) is 29.7 Å². The van der Waals surface area contributed by atoms with Crippen molar-refractivity contribution in [2.45, 2.75) is 38.5 Å². The van der Waals surface area contributed by atoms with Gasteiger partial charge in [0.05, 0.1) is 54.7 Å². The average molecular weight is 509 g/mol. The first-order chi connectivity index (χ1) is 17.8. The van der Waals surface area contributed by atoms with E-state index in [-0.39, 0.29) is 24.0 Å². The molecule has 1 unspecified atom stereocenters. The van der Waals surface area contributed by atoms with Crippen LogP contribution in [0.2, 0.25) is 0 Å². The van der Waals surface area contributed by atoms with Gasteiger partial charge in [0.1, 0.15) is 5.41 Å². The molecule has 0 saturated carbocycles. The molecule has 2 N–H and O–H groups in total. The predicted octanol–water partition coefficient (Wildman–Crippen LogP) is 2.00. The predicted molar refractivity (Wildman–Crippen MR) is 134 cm³/mol. The second-order valence-corrected chi connectivity index (χ2v) is 10.1. The second-order valence-electron chi connectivity index (χ2n) is 10.1. The minimum Gasteiger partial charge on any atom is -0.378 e. The fourth-order valence-electron chi connectivity index (χ4n) is 6.42. The van der Waals surface area contributed by atoms with Gasteiger partial charge in [-0.05, 0) is 31.9 Å². The molecule has 4 aliphatic rings. The third kappa shape index (κ3) is 3.59. The maximum atomic E-state index is 16.9. The number of anilines is 2. The number of amides is 3. The van der Waals surface area contributed by atoms with Crippen LogP contribution in [-0.2, 0) is 20.7 Å². The second kappa shape index (κ2) is 8.77. The lowest BCUT2D eigenvalue weighted by Crippen LogP contribution is -2.72. The first-order valence-electron chi connectivity index (χ1n) is 12.5. The summed E-state index contributed by atoms with van der Waals surface area (Å²) in [6.45, 7) is 10.3. The number of carbonyl (C=O) groups is 2. The van der Waals surface area contributed by atoms with Crippen LogP contribution in [0.5, 0.6) is 0 Å². The number of hydrogen-bond acceptors (Lipinski definition) is 8.